The second-order valence-corrected chi connectivity index (χ2v) is 4.79. The molecule has 2 rings (SSSR count). The molecule has 1 aromatic carbocycles. The molecule has 0 aliphatic rings. The number of aliphatic carboxylic acids is 1. The number of carboxylic acids is 1. The van der Waals surface area contributed by atoms with Gasteiger partial charge in [0.1, 0.15) is 5.01 Å². The summed E-state index contributed by atoms with van der Waals surface area (Å²) in [4.78, 5) is 14.8. The Bertz CT molecular complexity index is 511. The summed E-state index contributed by atoms with van der Waals surface area (Å²) in [5.41, 5.74) is 1.91. The maximum atomic E-state index is 10.5. The van der Waals surface area contributed by atoms with E-state index in [9.17, 15) is 4.79 Å². The van der Waals surface area contributed by atoms with Gasteiger partial charge in [-0.25, -0.2) is 4.98 Å². The monoisotopic (exact) mass is 262 g/mol. The van der Waals surface area contributed by atoms with Crippen molar-refractivity contribution in [2.45, 2.75) is 19.4 Å². The van der Waals surface area contributed by atoms with Crippen LogP contribution in [0.5, 0.6) is 0 Å². The number of aryl methyl sites for hydroxylation is 1. The van der Waals surface area contributed by atoms with Crippen molar-refractivity contribution in [3.8, 4) is 0 Å². The fourth-order valence-electron chi connectivity index (χ4n) is 1.51. The van der Waals surface area contributed by atoms with Crippen LogP contribution < -0.4 is 5.32 Å². The van der Waals surface area contributed by atoms with Crippen LogP contribution in [0, 0.1) is 0 Å². The van der Waals surface area contributed by atoms with Gasteiger partial charge in [-0.15, -0.1) is 11.3 Å². The highest BCUT2D eigenvalue weighted by atomic mass is 32.1. The molecule has 2 aromatic rings. The lowest BCUT2D eigenvalue weighted by molar-refractivity contribution is -0.136. The molecule has 5 heteroatoms. The number of nitrogens with one attached hydrogen (secondary N) is 1. The number of para-hydroxylation sites is 1. The second kappa shape index (κ2) is 6.16. The van der Waals surface area contributed by atoms with E-state index in [4.69, 9.17) is 5.11 Å². The zero-order valence-electron chi connectivity index (χ0n) is 9.80. The van der Waals surface area contributed by atoms with Gasteiger partial charge in [0.05, 0.1) is 18.7 Å². The number of hydrogen-bond donors (Lipinski definition) is 2. The molecule has 0 saturated heterocycles. The van der Waals surface area contributed by atoms with E-state index in [0.29, 0.717) is 13.0 Å². The molecule has 0 radical (unpaired) electrons. The minimum atomic E-state index is -0.785. The number of anilines is 1. The third-order valence-corrected chi connectivity index (χ3v) is 3.31. The molecule has 0 amide bonds. The van der Waals surface area contributed by atoms with Crippen LogP contribution in [0.15, 0.2) is 35.7 Å². The van der Waals surface area contributed by atoms with E-state index in [1.807, 2.05) is 35.7 Å². The highest BCUT2D eigenvalue weighted by Gasteiger charge is 2.04. The van der Waals surface area contributed by atoms with Gasteiger partial charge in [-0.3, -0.25) is 4.79 Å². The van der Waals surface area contributed by atoms with E-state index in [-0.39, 0.29) is 6.42 Å². The third-order valence-electron chi connectivity index (χ3n) is 2.41. The van der Waals surface area contributed by atoms with Crippen LogP contribution >= 0.6 is 11.3 Å². The van der Waals surface area contributed by atoms with Gasteiger partial charge in [-0.05, 0) is 12.1 Å². The normalized spacial score (nSPS) is 10.2. The van der Waals surface area contributed by atoms with Crippen LogP contribution in [-0.2, 0) is 17.8 Å². The number of benzene rings is 1. The van der Waals surface area contributed by atoms with Gasteiger partial charge in [0.15, 0.2) is 0 Å². The lowest BCUT2D eigenvalue weighted by atomic mass is 10.2. The molecule has 0 unspecified atom stereocenters. The molecular weight excluding hydrogens is 248 g/mol. The first-order valence-corrected chi connectivity index (χ1v) is 6.56. The molecule has 0 spiro atoms. The first-order chi connectivity index (χ1) is 8.74. The molecule has 0 atom stereocenters. The number of hydrogen-bond acceptors (Lipinski definition) is 4. The molecule has 1 heterocycles. The number of thiazole rings is 1. The Morgan fingerprint density at radius 3 is 2.83 bits per heavy atom. The SMILES string of the molecule is O=C(O)CCc1csc(CNc2ccccc2)n1. The summed E-state index contributed by atoms with van der Waals surface area (Å²) >= 11 is 1.55. The van der Waals surface area contributed by atoms with Crippen molar-refractivity contribution < 1.29 is 9.90 Å². The Kier molecular flexibility index (Phi) is 4.30. The van der Waals surface area contributed by atoms with E-state index < -0.39 is 5.97 Å². The smallest absolute Gasteiger partial charge is 0.303 e. The van der Waals surface area contributed by atoms with Crippen LogP contribution in [0.4, 0.5) is 5.69 Å². The zero-order valence-corrected chi connectivity index (χ0v) is 10.6. The van der Waals surface area contributed by atoms with Crippen LogP contribution in [-0.4, -0.2) is 16.1 Å². The van der Waals surface area contributed by atoms with Crippen LogP contribution in [0.2, 0.25) is 0 Å². The minimum absolute atomic E-state index is 0.134. The van der Waals surface area contributed by atoms with Crippen molar-refractivity contribution in [3.05, 3.63) is 46.4 Å². The average Bonchev–Trinajstić information content (AvgIpc) is 2.83. The number of nitrogens with zero attached hydrogens (tertiary/aromatic N) is 1. The lowest BCUT2D eigenvalue weighted by Crippen LogP contribution is -2.00. The highest BCUT2D eigenvalue weighted by Crippen LogP contribution is 2.14. The summed E-state index contributed by atoms with van der Waals surface area (Å²) in [7, 11) is 0. The first kappa shape index (κ1) is 12.6. The Morgan fingerprint density at radius 2 is 2.11 bits per heavy atom. The van der Waals surface area contributed by atoms with Crippen molar-refractivity contribution in [2.24, 2.45) is 0 Å². The minimum Gasteiger partial charge on any atom is -0.481 e. The van der Waals surface area contributed by atoms with E-state index in [2.05, 4.69) is 10.3 Å². The molecule has 1 aromatic heterocycles. The van der Waals surface area contributed by atoms with Gasteiger partial charge in [-0.1, -0.05) is 18.2 Å². The molecule has 0 saturated carbocycles. The van der Waals surface area contributed by atoms with Crippen LogP contribution in [0.3, 0.4) is 0 Å². The Labute approximate surface area is 109 Å². The fourth-order valence-corrected chi connectivity index (χ4v) is 2.28. The third kappa shape index (κ3) is 3.85. The highest BCUT2D eigenvalue weighted by molar-refractivity contribution is 7.09. The summed E-state index contributed by atoms with van der Waals surface area (Å²) in [5.74, 6) is -0.785. The van der Waals surface area contributed by atoms with Crippen molar-refractivity contribution in [1.82, 2.24) is 4.98 Å². The molecule has 0 fully saturated rings. The largest absolute Gasteiger partial charge is 0.481 e. The number of rotatable bonds is 6. The number of carbonyl (C=O) groups is 1. The predicted octanol–water partition coefficient (Wildman–Crippen LogP) is 2.77. The van der Waals surface area contributed by atoms with Crippen LogP contribution in [0.1, 0.15) is 17.1 Å². The second-order valence-electron chi connectivity index (χ2n) is 3.85. The van der Waals surface area contributed by atoms with Crippen molar-refractivity contribution in [1.29, 1.82) is 0 Å². The Morgan fingerprint density at radius 1 is 1.33 bits per heavy atom. The maximum Gasteiger partial charge on any atom is 0.303 e. The molecule has 94 valence electrons. The molecule has 0 aliphatic heterocycles. The molecular formula is C13H14N2O2S. The number of carboxylic acid groups (broad SMARTS) is 1. The first-order valence-electron chi connectivity index (χ1n) is 5.68. The fraction of sp³-hybridized carbons (Fsp3) is 0.231. The summed E-state index contributed by atoms with van der Waals surface area (Å²) in [6, 6.07) is 9.92. The standard InChI is InChI=1S/C13H14N2O2S/c16-13(17)7-6-11-9-18-12(15-11)8-14-10-4-2-1-3-5-10/h1-5,9,14H,6-8H2,(H,16,17). The van der Waals surface area contributed by atoms with Crippen LogP contribution in [0.25, 0.3) is 0 Å². The molecule has 4 nitrogen and oxygen atoms in total. The van der Waals surface area contributed by atoms with Crippen molar-refractivity contribution >= 4 is 23.0 Å². The van der Waals surface area contributed by atoms with Crippen molar-refractivity contribution in [2.75, 3.05) is 5.32 Å². The summed E-state index contributed by atoms with van der Waals surface area (Å²) in [6.45, 7) is 0.668. The zero-order chi connectivity index (χ0) is 12.8. The van der Waals surface area contributed by atoms with Gasteiger partial charge in [0, 0.05) is 17.5 Å². The van der Waals surface area contributed by atoms with Gasteiger partial charge in [0.2, 0.25) is 0 Å². The van der Waals surface area contributed by atoms with Crippen molar-refractivity contribution in [3.63, 3.8) is 0 Å². The van der Waals surface area contributed by atoms with Gasteiger partial charge in [0.25, 0.3) is 0 Å². The lowest BCUT2D eigenvalue weighted by Gasteiger charge is -2.02. The molecule has 2 N–H and O–H groups in total. The van der Waals surface area contributed by atoms with Gasteiger partial charge >= 0.3 is 5.97 Å². The van der Waals surface area contributed by atoms with E-state index >= 15 is 0 Å². The summed E-state index contributed by atoms with van der Waals surface area (Å²) in [6.07, 6.45) is 0.631. The quantitative estimate of drug-likeness (QED) is 0.840. The molecule has 0 bridgehead atoms. The van der Waals surface area contributed by atoms with E-state index in [0.717, 1.165) is 16.4 Å². The van der Waals surface area contributed by atoms with Gasteiger partial charge < -0.3 is 10.4 Å². The Balaban J connectivity index is 1.85. The van der Waals surface area contributed by atoms with E-state index in [1.54, 1.807) is 11.3 Å². The molecule has 18 heavy (non-hydrogen) atoms. The molecule has 0 aliphatic carbocycles. The maximum absolute atomic E-state index is 10.5. The number of aromatic nitrogens is 1. The van der Waals surface area contributed by atoms with E-state index in [1.165, 1.54) is 0 Å². The topological polar surface area (TPSA) is 62.2 Å². The summed E-state index contributed by atoms with van der Waals surface area (Å²) < 4.78 is 0. The average molecular weight is 262 g/mol. The summed E-state index contributed by atoms with van der Waals surface area (Å²) in [5, 5.41) is 14.8. The van der Waals surface area contributed by atoms with Gasteiger partial charge in [-0.2, -0.15) is 0 Å². The Hall–Kier alpha value is -1.88. The predicted molar refractivity (Wildman–Crippen MR) is 71.8 cm³/mol.